The summed E-state index contributed by atoms with van der Waals surface area (Å²) in [5.74, 6) is -0.413. The van der Waals surface area contributed by atoms with Crippen molar-refractivity contribution in [1.29, 1.82) is 0 Å². The summed E-state index contributed by atoms with van der Waals surface area (Å²) in [7, 11) is 0. The van der Waals surface area contributed by atoms with E-state index in [1.807, 2.05) is 6.07 Å². The van der Waals surface area contributed by atoms with Crippen molar-refractivity contribution in [3.05, 3.63) is 64.2 Å². The van der Waals surface area contributed by atoms with Gasteiger partial charge in [-0.2, -0.15) is 0 Å². The van der Waals surface area contributed by atoms with Crippen LogP contribution in [0.25, 0.3) is 0 Å². The summed E-state index contributed by atoms with van der Waals surface area (Å²) in [6.45, 7) is 0. The average molecular weight is 306 g/mol. The highest BCUT2D eigenvalue weighted by molar-refractivity contribution is 6.31. The summed E-state index contributed by atoms with van der Waals surface area (Å²) >= 11 is 6.05. The maximum absolute atomic E-state index is 13.9. The molecule has 1 aliphatic carbocycles. The molecule has 0 spiro atoms. The van der Waals surface area contributed by atoms with Crippen LogP contribution in [-0.4, -0.2) is 16.2 Å². The number of hydrogen-bond acceptors (Lipinski definition) is 2. The standard InChI is InChI=1S/C17H17ClFNO/c18-14-7-2-8-15(19)13(14)10-16(21)12-6-1-4-11-5-3-9-20-17(11)12/h2-3,5,7-9,12,16,21H,1,4,6,10H2. The molecule has 0 amide bonds. The van der Waals surface area contributed by atoms with E-state index in [1.54, 1.807) is 18.3 Å². The normalized spacial score (nSPS) is 19.1. The Kier molecular flexibility index (Phi) is 4.22. The Morgan fingerprint density at radius 1 is 1.33 bits per heavy atom. The van der Waals surface area contributed by atoms with Gasteiger partial charge in [0, 0.05) is 34.8 Å². The molecule has 2 aromatic rings. The fourth-order valence-electron chi connectivity index (χ4n) is 3.10. The van der Waals surface area contributed by atoms with E-state index in [9.17, 15) is 9.50 Å². The number of aryl methyl sites for hydroxylation is 1. The van der Waals surface area contributed by atoms with Crippen LogP contribution in [0.3, 0.4) is 0 Å². The summed E-state index contributed by atoms with van der Waals surface area (Å²) in [4.78, 5) is 4.42. The average Bonchev–Trinajstić information content (AvgIpc) is 2.50. The molecule has 110 valence electrons. The first-order chi connectivity index (χ1) is 10.2. The molecule has 4 heteroatoms. The number of fused-ring (bicyclic) bond motifs is 1. The van der Waals surface area contributed by atoms with Crippen molar-refractivity contribution < 1.29 is 9.50 Å². The molecule has 0 radical (unpaired) electrons. The smallest absolute Gasteiger partial charge is 0.127 e. The lowest BCUT2D eigenvalue weighted by atomic mass is 9.81. The van der Waals surface area contributed by atoms with Gasteiger partial charge in [-0.05, 0) is 43.0 Å². The number of hydrogen-bond donors (Lipinski definition) is 1. The minimum Gasteiger partial charge on any atom is -0.392 e. The van der Waals surface area contributed by atoms with E-state index < -0.39 is 6.10 Å². The van der Waals surface area contributed by atoms with E-state index in [2.05, 4.69) is 11.1 Å². The molecule has 3 rings (SSSR count). The van der Waals surface area contributed by atoms with Crippen molar-refractivity contribution in [3.63, 3.8) is 0 Å². The predicted molar refractivity (Wildman–Crippen MR) is 81.0 cm³/mol. The largest absolute Gasteiger partial charge is 0.392 e. The lowest BCUT2D eigenvalue weighted by molar-refractivity contribution is 0.131. The van der Waals surface area contributed by atoms with Crippen molar-refractivity contribution in [2.75, 3.05) is 0 Å². The van der Waals surface area contributed by atoms with Gasteiger partial charge < -0.3 is 5.11 Å². The molecule has 0 saturated heterocycles. The zero-order valence-corrected chi connectivity index (χ0v) is 12.4. The van der Waals surface area contributed by atoms with Crippen molar-refractivity contribution in [1.82, 2.24) is 4.98 Å². The summed E-state index contributed by atoms with van der Waals surface area (Å²) < 4.78 is 13.9. The maximum Gasteiger partial charge on any atom is 0.127 e. The molecule has 0 saturated carbocycles. The van der Waals surface area contributed by atoms with Gasteiger partial charge in [-0.15, -0.1) is 0 Å². The van der Waals surface area contributed by atoms with Crippen LogP contribution in [0.4, 0.5) is 4.39 Å². The van der Waals surface area contributed by atoms with E-state index in [1.165, 1.54) is 11.6 Å². The Hall–Kier alpha value is -1.45. The van der Waals surface area contributed by atoms with Crippen LogP contribution in [0.2, 0.25) is 5.02 Å². The second-order valence-electron chi connectivity index (χ2n) is 5.52. The van der Waals surface area contributed by atoms with E-state index in [4.69, 9.17) is 11.6 Å². The summed E-state index contributed by atoms with van der Waals surface area (Å²) in [5.41, 5.74) is 2.52. The number of aliphatic hydroxyl groups is 1. The van der Waals surface area contributed by atoms with Crippen LogP contribution in [0.1, 0.15) is 35.6 Å². The van der Waals surface area contributed by atoms with Crippen LogP contribution in [0.5, 0.6) is 0 Å². The molecule has 0 aliphatic heterocycles. The Labute approximate surface area is 128 Å². The van der Waals surface area contributed by atoms with Crippen molar-refractivity contribution in [2.45, 2.75) is 37.7 Å². The van der Waals surface area contributed by atoms with E-state index in [0.29, 0.717) is 10.6 Å². The number of nitrogens with zero attached hydrogens (tertiary/aromatic N) is 1. The lowest BCUT2D eigenvalue weighted by Crippen LogP contribution is -2.26. The summed E-state index contributed by atoms with van der Waals surface area (Å²) in [5, 5.41) is 10.9. The molecular formula is C17H17ClFNO. The summed E-state index contributed by atoms with van der Waals surface area (Å²) in [6.07, 6.45) is 4.18. The third-order valence-electron chi connectivity index (χ3n) is 4.18. The second kappa shape index (κ2) is 6.12. The zero-order valence-electron chi connectivity index (χ0n) is 11.6. The molecule has 0 fully saturated rings. The fourth-order valence-corrected chi connectivity index (χ4v) is 3.34. The zero-order chi connectivity index (χ0) is 14.8. The van der Waals surface area contributed by atoms with Gasteiger partial charge in [-0.1, -0.05) is 23.7 Å². The van der Waals surface area contributed by atoms with Crippen LogP contribution in [-0.2, 0) is 12.8 Å². The molecule has 1 aromatic heterocycles. The highest BCUT2D eigenvalue weighted by atomic mass is 35.5. The molecule has 0 bridgehead atoms. The number of halogens is 2. The third-order valence-corrected chi connectivity index (χ3v) is 4.53. The molecule has 2 atom stereocenters. The molecule has 21 heavy (non-hydrogen) atoms. The van der Waals surface area contributed by atoms with Gasteiger partial charge in [-0.3, -0.25) is 4.98 Å². The van der Waals surface area contributed by atoms with E-state index in [0.717, 1.165) is 25.0 Å². The number of rotatable bonds is 3. The molecule has 1 heterocycles. The Morgan fingerprint density at radius 2 is 2.19 bits per heavy atom. The Morgan fingerprint density at radius 3 is 3.00 bits per heavy atom. The molecule has 1 aliphatic rings. The van der Waals surface area contributed by atoms with E-state index >= 15 is 0 Å². The van der Waals surface area contributed by atoms with Gasteiger partial charge in [0.05, 0.1) is 6.10 Å². The van der Waals surface area contributed by atoms with Crippen molar-refractivity contribution in [2.24, 2.45) is 0 Å². The number of benzene rings is 1. The third kappa shape index (κ3) is 2.94. The van der Waals surface area contributed by atoms with Gasteiger partial charge in [0.1, 0.15) is 5.82 Å². The van der Waals surface area contributed by atoms with Gasteiger partial charge in [-0.25, -0.2) is 4.39 Å². The lowest BCUT2D eigenvalue weighted by Gasteiger charge is -2.28. The van der Waals surface area contributed by atoms with Gasteiger partial charge in [0.25, 0.3) is 0 Å². The topological polar surface area (TPSA) is 33.1 Å². The molecule has 2 unspecified atom stereocenters. The van der Waals surface area contributed by atoms with Gasteiger partial charge in [0.15, 0.2) is 0 Å². The maximum atomic E-state index is 13.9. The second-order valence-corrected chi connectivity index (χ2v) is 5.93. The number of aromatic nitrogens is 1. The molecule has 2 nitrogen and oxygen atoms in total. The number of aliphatic hydroxyl groups excluding tert-OH is 1. The molecular weight excluding hydrogens is 289 g/mol. The fraction of sp³-hybridized carbons (Fsp3) is 0.353. The highest BCUT2D eigenvalue weighted by Gasteiger charge is 2.28. The minimum atomic E-state index is -0.673. The summed E-state index contributed by atoms with van der Waals surface area (Å²) in [6, 6.07) is 8.57. The van der Waals surface area contributed by atoms with Gasteiger partial charge >= 0.3 is 0 Å². The monoisotopic (exact) mass is 305 g/mol. The molecule has 1 aromatic carbocycles. The van der Waals surface area contributed by atoms with Gasteiger partial charge in [0.2, 0.25) is 0 Å². The van der Waals surface area contributed by atoms with Crippen molar-refractivity contribution >= 4 is 11.6 Å². The van der Waals surface area contributed by atoms with Crippen LogP contribution in [0, 0.1) is 5.82 Å². The highest BCUT2D eigenvalue weighted by Crippen LogP contribution is 2.34. The van der Waals surface area contributed by atoms with Crippen LogP contribution in [0.15, 0.2) is 36.5 Å². The Balaban J connectivity index is 1.85. The predicted octanol–water partition coefficient (Wildman–Crippen LogP) is 3.90. The Bertz CT molecular complexity index is 626. The first kappa shape index (κ1) is 14.5. The minimum absolute atomic E-state index is 0.0503. The van der Waals surface area contributed by atoms with Crippen LogP contribution >= 0.6 is 11.6 Å². The quantitative estimate of drug-likeness (QED) is 0.933. The molecule has 1 N–H and O–H groups in total. The van der Waals surface area contributed by atoms with Crippen LogP contribution < -0.4 is 0 Å². The first-order valence-electron chi connectivity index (χ1n) is 7.21. The van der Waals surface area contributed by atoms with Crippen molar-refractivity contribution in [3.8, 4) is 0 Å². The SMILES string of the molecule is OC(Cc1c(F)cccc1Cl)C1CCCc2cccnc21. The number of pyridine rings is 1. The van der Waals surface area contributed by atoms with E-state index in [-0.39, 0.29) is 18.2 Å². The first-order valence-corrected chi connectivity index (χ1v) is 7.59.